The molecule has 1 aromatic carbocycles. The molecule has 2 saturated carbocycles. The lowest BCUT2D eigenvalue weighted by atomic mass is 9.75. The van der Waals surface area contributed by atoms with Crippen LogP contribution in [0.4, 0.5) is 5.69 Å². The highest BCUT2D eigenvalue weighted by Gasteiger charge is 2.31. The zero-order chi connectivity index (χ0) is 14.1. The van der Waals surface area contributed by atoms with Gasteiger partial charge in [0.05, 0.1) is 0 Å². The van der Waals surface area contributed by atoms with Gasteiger partial charge in [0.2, 0.25) is 0 Å². The van der Waals surface area contributed by atoms with E-state index in [1.165, 1.54) is 69.3 Å². The molecule has 2 unspecified atom stereocenters. The van der Waals surface area contributed by atoms with Crippen molar-refractivity contribution in [2.24, 2.45) is 11.8 Å². The summed E-state index contributed by atoms with van der Waals surface area (Å²) in [6.45, 7) is 3.60. The third-order valence-electron chi connectivity index (χ3n) is 5.76. The summed E-state index contributed by atoms with van der Waals surface area (Å²) < 4.78 is 0. The number of piperidine rings is 1. The van der Waals surface area contributed by atoms with E-state index in [0.29, 0.717) is 0 Å². The smallest absolute Gasteiger partial charge is 0.0366 e. The van der Waals surface area contributed by atoms with Gasteiger partial charge in [0, 0.05) is 31.4 Å². The standard InChI is InChI=1S/C19H28N2/c1-2-4-17-14-21(12-11-16(17)3-1)19-9-5-15(6-10-19)13-20-18-7-8-18/h5-6,9-10,16-18,20H,1-4,7-8,11-14H2. The number of nitrogens with zero attached hydrogens (tertiary/aromatic N) is 1. The van der Waals surface area contributed by atoms with Gasteiger partial charge in [-0.1, -0.05) is 31.4 Å². The van der Waals surface area contributed by atoms with E-state index in [2.05, 4.69) is 34.5 Å². The van der Waals surface area contributed by atoms with Gasteiger partial charge in [-0.3, -0.25) is 0 Å². The van der Waals surface area contributed by atoms with Gasteiger partial charge in [0.25, 0.3) is 0 Å². The second kappa shape index (κ2) is 6.00. The van der Waals surface area contributed by atoms with Gasteiger partial charge in [0.1, 0.15) is 0 Å². The Morgan fingerprint density at radius 3 is 2.43 bits per heavy atom. The molecule has 0 bridgehead atoms. The summed E-state index contributed by atoms with van der Waals surface area (Å²) in [5, 5.41) is 3.60. The van der Waals surface area contributed by atoms with Crippen LogP contribution in [0.15, 0.2) is 24.3 Å². The molecule has 1 aliphatic heterocycles. The molecule has 1 N–H and O–H groups in total. The number of fused-ring (bicyclic) bond motifs is 1. The molecule has 3 fully saturated rings. The molecule has 1 saturated heterocycles. The predicted molar refractivity (Wildman–Crippen MR) is 88.6 cm³/mol. The third kappa shape index (κ3) is 3.26. The normalized spacial score (nSPS) is 29.2. The Bertz CT molecular complexity index is 463. The SMILES string of the molecule is c1cc(N2CCC3CCCCC3C2)ccc1CNC1CC1. The van der Waals surface area contributed by atoms with Crippen LogP contribution in [0.5, 0.6) is 0 Å². The van der Waals surface area contributed by atoms with Gasteiger partial charge in [-0.25, -0.2) is 0 Å². The summed E-state index contributed by atoms with van der Waals surface area (Å²) in [7, 11) is 0. The van der Waals surface area contributed by atoms with Crippen molar-refractivity contribution in [1.29, 1.82) is 0 Å². The minimum absolute atomic E-state index is 0.801. The first kappa shape index (κ1) is 13.6. The molecule has 1 aromatic rings. The largest absolute Gasteiger partial charge is 0.371 e. The van der Waals surface area contributed by atoms with Crippen LogP contribution in [0.3, 0.4) is 0 Å². The van der Waals surface area contributed by atoms with Crippen molar-refractivity contribution in [3.63, 3.8) is 0 Å². The second-order valence-electron chi connectivity index (χ2n) is 7.36. The summed E-state index contributed by atoms with van der Waals surface area (Å²) in [4.78, 5) is 2.63. The molecule has 1 heterocycles. The fourth-order valence-electron chi connectivity index (χ4n) is 4.21. The third-order valence-corrected chi connectivity index (χ3v) is 5.76. The van der Waals surface area contributed by atoms with Crippen molar-refractivity contribution in [3.8, 4) is 0 Å². The summed E-state index contributed by atoms with van der Waals surface area (Å²) in [6.07, 6.45) is 10.0. The lowest BCUT2D eigenvalue weighted by molar-refractivity contribution is 0.202. The van der Waals surface area contributed by atoms with E-state index >= 15 is 0 Å². The number of hydrogen-bond donors (Lipinski definition) is 1. The van der Waals surface area contributed by atoms with Gasteiger partial charge in [0.15, 0.2) is 0 Å². The van der Waals surface area contributed by atoms with E-state index in [-0.39, 0.29) is 0 Å². The Morgan fingerprint density at radius 1 is 0.905 bits per heavy atom. The topological polar surface area (TPSA) is 15.3 Å². The second-order valence-corrected chi connectivity index (χ2v) is 7.36. The maximum absolute atomic E-state index is 3.60. The first-order chi connectivity index (χ1) is 10.4. The first-order valence-electron chi connectivity index (χ1n) is 8.96. The van der Waals surface area contributed by atoms with Crippen molar-refractivity contribution in [2.75, 3.05) is 18.0 Å². The molecule has 3 aliphatic rings. The van der Waals surface area contributed by atoms with Gasteiger partial charge in [-0.05, 0) is 55.2 Å². The van der Waals surface area contributed by atoms with E-state index in [4.69, 9.17) is 0 Å². The fourth-order valence-corrected chi connectivity index (χ4v) is 4.21. The Hall–Kier alpha value is -1.02. The number of benzene rings is 1. The summed E-state index contributed by atoms with van der Waals surface area (Å²) in [5.74, 6) is 1.99. The molecule has 2 heteroatoms. The van der Waals surface area contributed by atoms with E-state index in [0.717, 1.165) is 24.4 Å². The highest BCUT2D eigenvalue weighted by atomic mass is 15.1. The van der Waals surface area contributed by atoms with Gasteiger partial charge in [-0.2, -0.15) is 0 Å². The average Bonchev–Trinajstić information content (AvgIpc) is 3.37. The molecule has 2 aliphatic carbocycles. The highest BCUT2D eigenvalue weighted by molar-refractivity contribution is 5.48. The van der Waals surface area contributed by atoms with Crippen LogP contribution < -0.4 is 10.2 Å². The molecule has 0 amide bonds. The van der Waals surface area contributed by atoms with Crippen molar-refractivity contribution in [2.45, 2.75) is 57.5 Å². The van der Waals surface area contributed by atoms with Gasteiger partial charge in [-0.15, -0.1) is 0 Å². The Labute approximate surface area is 128 Å². The van der Waals surface area contributed by atoms with Crippen LogP contribution in [0.1, 0.15) is 50.5 Å². The Kier molecular flexibility index (Phi) is 3.89. The van der Waals surface area contributed by atoms with E-state index in [1.54, 1.807) is 0 Å². The monoisotopic (exact) mass is 284 g/mol. The van der Waals surface area contributed by atoms with Crippen LogP contribution in [-0.2, 0) is 6.54 Å². The predicted octanol–water partition coefficient (Wildman–Crippen LogP) is 3.96. The molecule has 0 spiro atoms. The first-order valence-corrected chi connectivity index (χ1v) is 8.96. The molecule has 2 atom stereocenters. The number of nitrogens with one attached hydrogen (secondary N) is 1. The molecular weight excluding hydrogens is 256 g/mol. The van der Waals surface area contributed by atoms with E-state index < -0.39 is 0 Å². The lowest BCUT2D eigenvalue weighted by Crippen LogP contribution is -2.41. The maximum Gasteiger partial charge on any atom is 0.0366 e. The average molecular weight is 284 g/mol. The van der Waals surface area contributed by atoms with Crippen molar-refractivity contribution in [1.82, 2.24) is 5.32 Å². The minimum Gasteiger partial charge on any atom is -0.371 e. The summed E-state index contributed by atoms with van der Waals surface area (Å²) in [6, 6.07) is 10.1. The van der Waals surface area contributed by atoms with Gasteiger partial charge < -0.3 is 10.2 Å². The molecule has 0 radical (unpaired) electrons. The molecule has 114 valence electrons. The van der Waals surface area contributed by atoms with E-state index in [1.807, 2.05) is 0 Å². The summed E-state index contributed by atoms with van der Waals surface area (Å²) >= 11 is 0. The molecule has 0 aromatic heterocycles. The molecule has 4 rings (SSSR count). The number of rotatable bonds is 4. The lowest BCUT2D eigenvalue weighted by Gasteiger charge is -2.42. The molecular formula is C19H28N2. The maximum atomic E-state index is 3.60. The van der Waals surface area contributed by atoms with Crippen LogP contribution in [0.2, 0.25) is 0 Å². The minimum atomic E-state index is 0.801. The molecule has 2 nitrogen and oxygen atoms in total. The molecule has 21 heavy (non-hydrogen) atoms. The Balaban J connectivity index is 1.36. The van der Waals surface area contributed by atoms with Crippen LogP contribution in [0.25, 0.3) is 0 Å². The van der Waals surface area contributed by atoms with Crippen molar-refractivity contribution in [3.05, 3.63) is 29.8 Å². The van der Waals surface area contributed by atoms with Crippen LogP contribution in [-0.4, -0.2) is 19.1 Å². The zero-order valence-electron chi connectivity index (χ0n) is 13.1. The highest BCUT2D eigenvalue weighted by Crippen LogP contribution is 2.37. The van der Waals surface area contributed by atoms with Crippen LogP contribution >= 0.6 is 0 Å². The zero-order valence-corrected chi connectivity index (χ0v) is 13.1. The van der Waals surface area contributed by atoms with Gasteiger partial charge >= 0.3 is 0 Å². The number of anilines is 1. The van der Waals surface area contributed by atoms with Crippen molar-refractivity contribution >= 4 is 5.69 Å². The fraction of sp³-hybridized carbons (Fsp3) is 0.684. The van der Waals surface area contributed by atoms with E-state index in [9.17, 15) is 0 Å². The number of hydrogen-bond acceptors (Lipinski definition) is 2. The van der Waals surface area contributed by atoms with Crippen LogP contribution in [0, 0.1) is 11.8 Å². The Morgan fingerprint density at radius 2 is 1.67 bits per heavy atom. The summed E-state index contributed by atoms with van der Waals surface area (Å²) in [5.41, 5.74) is 2.87. The quantitative estimate of drug-likeness (QED) is 0.900. The van der Waals surface area contributed by atoms with Crippen molar-refractivity contribution < 1.29 is 0 Å².